The number of ether oxygens (including phenoxy) is 1. The topological polar surface area (TPSA) is 68.2 Å². The highest BCUT2D eigenvalue weighted by atomic mass is 32.1. The van der Waals surface area contributed by atoms with Gasteiger partial charge in [-0.15, -0.1) is 11.3 Å². The van der Waals surface area contributed by atoms with E-state index in [0.717, 1.165) is 44.4 Å². The molecular formula is C22H20N4O2S. The Morgan fingerprint density at radius 3 is 2.93 bits per heavy atom. The maximum Gasteiger partial charge on any atom is 0.222 e. The Hall–Kier alpha value is -3.06. The maximum absolute atomic E-state index is 11.7. The zero-order valence-electron chi connectivity index (χ0n) is 16.3. The molecule has 146 valence electrons. The van der Waals surface area contributed by atoms with Crippen LogP contribution in [-0.4, -0.2) is 45.5 Å². The first-order chi connectivity index (χ1) is 14.1. The van der Waals surface area contributed by atoms with Crippen molar-refractivity contribution in [2.24, 2.45) is 0 Å². The van der Waals surface area contributed by atoms with Gasteiger partial charge in [0.15, 0.2) is 5.82 Å². The molecule has 1 fully saturated rings. The first kappa shape index (κ1) is 18.0. The molecule has 0 spiro atoms. The quantitative estimate of drug-likeness (QED) is 0.512. The number of aryl methyl sites for hydroxylation is 1. The first-order valence-corrected chi connectivity index (χ1v) is 10.5. The Kier molecular flexibility index (Phi) is 4.39. The van der Waals surface area contributed by atoms with Crippen molar-refractivity contribution in [3.8, 4) is 17.3 Å². The van der Waals surface area contributed by atoms with Gasteiger partial charge in [-0.25, -0.2) is 9.97 Å². The molecule has 0 N–H and O–H groups in total. The van der Waals surface area contributed by atoms with Crippen molar-refractivity contribution in [2.45, 2.75) is 25.9 Å². The van der Waals surface area contributed by atoms with E-state index in [-0.39, 0.29) is 12.0 Å². The van der Waals surface area contributed by atoms with Gasteiger partial charge < -0.3 is 9.64 Å². The van der Waals surface area contributed by atoms with Gasteiger partial charge in [0.1, 0.15) is 17.5 Å². The third-order valence-corrected chi connectivity index (χ3v) is 6.17. The summed E-state index contributed by atoms with van der Waals surface area (Å²) < 4.78 is 7.31. The highest BCUT2D eigenvalue weighted by Gasteiger charge is 2.24. The van der Waals surface area contributed by atoms with Crippen molar-refractivity contribution >= 4 is 38.2 Å². The monoisotopic (exact) mass is 404 g/mol. The molecule has 1 aliphatic rings. The zero-order valence-corrected chi connectivity index (χ0v) is 17.1. The van der Waals surface area contributed by atoms with Crippen molar-refractivity contribution in [2.75, 3.05) is 13.6 Å². The lowest BCUT2D eigenvalue weighted by molar-refractivity contribution is -0.134. The fourth-order valence-corrected chi connectivity index (χ4v) is 4.47. The predicted molar refractivity (Wildman–Crippen MR) is 114 cm³/mol. The first-order valence-electron chi connectivity index (χ1n) is 9.58. The van der Waals surface area contributed by atoms with Crippen molar-refractivity contribution in [3.63, 3.8) is 0 Å². The van der Waals surface area contributed by atoms with Crippen LogP contribution < -0.4 is 4.74 Å². The van der Waals surface area contributed by atoms with Gasteiger partial charge >= 0.3 is 0 Å². The summed E-state index contributed by atoms with van der Waals surface area (Å²) in [7, 11) is 1.82. The SMILES string of the molecule is Cc1cc(O[C@@H]2CCC(=O)N(C)C2)cc2cnc(-c3cc4ccsc4cn3)nc12. The number of likely N-dealkylation sites (N-methyl/N-ethyl adjacent to an activating group) is 1. The highest BCUT2D eigenvalue weighted by Crippen LogP contribution is 2.28. The van der Waals surface area contributed by atoms with E-state index in [1.54, 1.807) is 16.2 Å². The molecule has 1 aliphatic heterocycles. The van der Waals surface area contributed by atoms with Crippen LogP contribution in [0.1, 0.15) is 18.4 Å². The third-order valence-electron chi connectivity index (χ3n) is 5.30. The Bertz CT molecular complexity index is 1240. The van der Waals surface area contributed by atoms with E-state index >= 15 is 0 Å². The van der Waals surface area contributed by atoms with Gasteiger partial charge in [-0.3, -0.25) is 9.78 Å². The molecule has 29 heavy (non-hydrogen) atoms. The van der Waals surface area contributed by atoms with Crippen LogP contribution in [0.15, 0.2) is 42.0 Å². The number of amides is 1. The summed E-state index contributed by atoms with van der Waals surface area (Å²) in [5.41, 5.74) is 2.69. The van der Waals surface area contributed by atoms with E-state index in [1.807, 2.05) is 44.6 Å². The summed E-state index contributed by atoms with van der Waals surface area (Å²) in [4.78, 5) is 27.2. The number of nitrogens with zero attached hydrogens (tertiary/aromatic N) is 4. The molecule has 6 nitrogen and oxygen atoms in total. The summed E-state index contributed by atoms with van der Waals surface area (Å²) in [6, 6.07) is 8.08. The van der Waals surface area contributed by atoms with E-state index in [2.05, 4.69) is 21.4 Å². The van der Waals surface area contributed by atoms with E-state index in [0.29, 0.717) is 18.8 Å². The second-order valence-corrected chi connectivity index (χ2v) is 8.40. The average molecular weight is 404 g/mol. The largest absolute Gasteiger partial charge is 0.489 e. The van der Waals surface area contributed by atoms with Crippen molar-refractivity contribution in [3.05, 3.63) is 47.6 Å². The number of hydrogen-bond acceptors (Lipinski definition) is 6. The fraction of sp³-hybridized carbons (Fsp3) is 0.273. The number of piperidine rings is 1. The van der Waals surface area contributed by atoms with Gasteiger partial charge in [0.2, 0.25) is 5.91 Å². The van der Waals surface area contributed by atoms with Crippen LogP contribution in [0.2, 0.25) is 0 Å². The smallest absolute Gasteiger partial charge is 0.222 e. The lowest BCUT2D eigenvalue weighted by Gasteiger charge is -2.30. The number of benzene rings is 1. The van der Waals surface area contributed by atoms with Crippen LogP contribution in [0, 0.1) is 6.92 Å². The molecule has 4 heterocycles. The second kappa shape index (κ2) is 7.08. The number of pyridine rings is 1. The van der Waals surface area contributed by atoms with Crippen LogP contribution in [0.25, 0.3) is 32.5 Å². The minimum atomic E-state index is 0.0104. The number of likely N-dealkylation sites (tertiary alicyclic amines) is 1. The minimum absolute atomic E-state index is 0.0104. The molecule has 1 aromatic carbocycles. The van der Waals surface area contributed by atoms with Crippen molar-refractivity contribution < 1.29 is 9.53 Å². The van der Waals surface area contributed by atoms with Gasteiger partial charge in [-0.05, 0) is 53.9 Å². The molecule has 4 aromatic rings. The number of aromatic nitrogens is 3. The number of carbonyl (C=O) groups is 1. The highest BCUT2D eigenvalue weighted by molar-refractivity contribution is 7.17. The van der Waals surface area contributed by atoms with Crippen LogP contribution in [0.3, 0.4) is 0 Å². The minimum Gasteiger partial charge on any atom is -0.489 e. The normalized spacial score (nSPS) is 17.2. The van der Waals surface area contributed by atoms with Gasteiger partial charge in [0, 0.05) is 31.2 Å². The molecule has 5 rings (SSSR count). The average Bonchev–Trinajstić information content (AvgIpc) is 3.18. The van der Waals surface area contributed by atoms with E-state index < -0.39 is 0 Å². The maximum atomic E-state index is 11.7. The summed E-state index contributed by atoms with van der Waals surface area (Å²) in [6.45, 7) is 2.64. The molecule has 0 unspecified atom stereocenters. The molecule has 0 bridgehead atoms. The number of thiophene rings is 1. The molecule has 3 aromatic heterocycles. The van der Waals surface area contributed by atoms with Gasteiger partial charge in [0.05, 0.1) is 16.8 Å². The van der Waals surface area contributed by atoms with Crippen LogP contribution in [-0.2, 0) is 4.79 Å². The number of rotatable bonds is 3. The number of carbonyl (C=O) groups excluding carboxylic acids is 1. The molecule has 1 amide bonds. The van der Waals surface area contributed by atoms with Gasteiger partial charge in [-0.2, -0.15) is 0 Å². The molecule has 7 heteroatoms. The molecule has 1 atom stereocenters. The summed E-state index contributed by atoms with van der Waals surface area (Å²) >= 11 is 1.67. The third kappa shape index (κ3) is 3.42. The van der Waals surface area contributed by atoms with E-state index in [4.69, 9.17) is 9.72 Å². The predicted octanol–water partition coefficient (Wildman–Crippen LogP) is 4.21. The molecule has 0 aliphatic carbocycles. The fourth-order valence-electron chi connectivity index (χ4n) is 3.73. The Labute approximate surface area is 172 Å². The van der Waals surface area contributed by atoms with Crippen LogP contribution >= 0.6 is 11.3 Å². The number of hydrogen-bond donors (Lipinski definition) is 0. The second-order valence-electron chi connectivity index (χ2n) is 7.45. The molecule has 0 saturated carbocycles. The number of fused-ring (bicyclic) bond motifs is 2. The molecule has 0 radical (unpaired) electrons. The Balaban J connectivity index is 1.45. The standard InChI is InChI=1S/C22H20N4O2S/c1-13-7-17(28-16-3-4-20(27)26(2)12-16)8-15-10-24-22(25-21(13)15)18-9-14-5-6-29-19(14)11-23-18/h5-11,16H,3-4,12H2,1-2H3/t16-/m1/s1. The summed E-state index contributed by atoms with van der Waals surface area (Å²) in [5.74, 6) is 1.58. The Morgan fingerprint density at radius 2 is 2.07 bits per heavy atom. The van der Waals surface area contributed by atoms with Gasteiger partial charge in [-0.1, -0.05) is 0 Å². The molecule has 1 saturated heterocycles. The summed E-state index contributed by atoms with van der Waals surface area (Å²) in [6.07, 6.45) is 4.98. The Morgan fingerprint density at radius 1 is 1.17 bits per heavy atom. The summed E-state index contributed by atoms with van der Waals surface area (Å²) in [5, 5.41) is 4.14. The van der Waals surface area contributed by atoms with Crippen molar-refractivity contribution in [1.82, 2.24) is 19.9 Å². The van der Waals surface area contributed by atoms with Gasteiger partial charge in [0.25, 0.3) is 0 Å². The van der Waals surface area contributed by atoms with E-state index in [9.17, 15) is 4.79 Å². The zero-order chi connectivity index (χ0) is 20.0. The molecular weight excluding hydrogens is 384 g/mol. The van der Waals surface area contributed by atoms with E-state index in [1.165, 1.54) is 0 Å². The van der Waals surface area contributed by atoms with Crippen molar-refractivity contribution in [1.29, 1.82) is 0 Å². The lowest BCUT2D eigenvalue weighted by atomic mass is 10.1. The van der Waals surface area contributed by atoms with Crippen LogP contribution in [0.4, 0.5) is 0 Å². The van der Waals surface area contributed by atoms with Crippen LogP contribution in [0.5, 0.6) is 5.75 Å². The lowest BCUT2D eigenvalue weighted by Crippen LogP contribution is -2.42.